The van der Waals surface area contributed by atoms with Gasteiger partial charge in [-0.15, -0.1) is 0 Å². The number of nitrogens with one attached hydrogen (secondary N) is 1. The topological polar surface area (TPSA) is 24.9 Å². The molecule has 1 saturated carbocycles. The number of aromatic nitrogens is 1. The van der Waals surface area contributed by atoms with E-state index in [9.17, 15) is 4.39 Å². The van der Waals surface area contributed by atoms with E-state index in [1.54, 1.807) is 18.5 Å². The van der Waals surface area contributed by atoms with Gasteiger partial charge in [0.05, 0.1) is 5.02 Å². The average Bonchev–Trinajstić information content (AvgIpc) is 3.30. The molecule has 0 aliphatic heterocycles. The maximum atomic E-state index is 14.1. The van der Waals surface area contributed by atoms with Gasteiger partial charge >= 0.3 is 0 Å². The summed E-state index contributed by atoms with van der Waals surface area (Å²) in [6.07, 6.45) is 6.53. The number of halogens is 2. The Labute approximate surface area is 129 Å². The second-order valence-corrected chi connectivity index (χ2v) is 5.98. The SMILES string of the molecule is Fc1ccccc1C(CNC1CC1)Cc1ccncc1Cl. The average molecular weight is 305 g/mol. The van der Waals surface area contributed by atoms with Gasteiger partial charge in [0, 0.05) is 30.9 Å². The molecule has 1 aromatic carbocycles. The van der Waals surface area contributed by atoms with Gasteiger partial charge in [0.1, 0.15) is 5.82 Å². The van der Waals surface area contributed by atoms with Crippen LogP contribution in [0, 0.1) is 5.82 Å². The zero-order chi connectivity index (χ0) is 14.7. The Morgan fingerprint density at radius 3 is 2.81 bits per heavy atom. The van der Waals surface area contributed by atoms with Gasteiger partial charge in [-0.2, -0.15) is 0 Å². The van der Waals surface area contributed by atoms with Gasteiger partial charge in [-0.25, -0.2) is 4.39 Å². The molecule has 1 aromatic heterocycles. The van der Waals surface area contributed by atoms with Gasteiger partial charge in [0.25, 0.3) is 0 Å². The molecule has 1 unspecified atom stereocenters. The Hall–Kier alpha value is -1.45. The lowest BCUT2D eigenvalue weighted by atomic mass is 9.91. The third kappa shape index (κ3) is 3.80. The number of benzene rings is 1. The summed E-state index contributed by atoms with van der Waals surface area (Å²) >= 11 is 6.19. The Morgan fingerprint density at radius 1 is 1.29 bits per heavy atom. The van der Waals surface area contributed by atoms with Crippen LogP contribution in [0.15, 0.2) is 42.7 Å². The number of rotatable bonds is 6. The van der Waals surface area contributed by atoms with Crippen LogP contribution in [-0.4, -0.2) is 17.6 Å². The van der Waals surface area contributed by atoms with Crippen molar-refractivity contribution in [2.24, 2.45) is 0 Å². The van der Waals surface area contributed by atoms with Crippen LogP contribution in [-0.2, 0) is 6.42 Å². The molecule has 1 N–H and O–H groups in total. The molecule has 1 aliphatic carbocycles. The van der Waals surface area contributed by atoms with Gasteiger partial charge in [-0.05, 0) is 42.5 Å². The lowest BCUT2D eigenvalue weighted by Gasteiger charge is -2.19. The largest absolute Gasteiger partial charge is 0.313 e. The lowest BCUT2D eigenvalue weighted by molar-refractivity contribution is 0.536. The lowest BCUT2D eigenvalue weighted by Crippen LogP contribution is -2.25. The van der Waals surface area contributed by atoms with Crippen LogP contribution in [0.2, 0.25) is 5.02 Å². The van der Waals surface area contributed by atoms with Gasteiger partial charge in [0.2, 0.25) is 0 Å². The monoisotopic (exact) mass is 304 g/mol. The Morgan fingerprint density at radius 2 is 2.10 bits per heavy atom. The number of hydrogen-bond acceptors (Lipinski definition) is 2. The molecule has 0 amide bonds. The molecule has 2 aromatic rings. The molecular weight excluding hydrogens is 287 g/mol. The third-order valence-corrected chi connectivity index (χ3v) is 4.24. The summed E-state index contributed by atoms with van der Waals surface area (Å²) in [4.78, 5) is 4.01. The molecule has 3 rings (SSSR count). The minimum atomic E-state index is -0.148. The highest BCUT2D eigenvalue weighted by molar-refractivity contribution is 6.31. The molecule has 1 aliphatic rings. The standard InChI is InChI=1S/C17H18ClFN2/c18-16-11-20-8-7-12(16)9-13(10-21-14-5-6-14)15-3-1-2-4-17(15)19/h1-4,7-8,11,13-14,21H,5-6,9-10H2. The molecule has 1 fully saturated rings. The molecule has 2 nitrogen and oxygen atoms in total. The van der Waals surface area contributed by atoms with Crippen LogP contribution in [0.3, 0.4) is 0 Å². The van der Waals surface area contributed by atoms with Crippen molar-refractivity contribution in [1.82, 2.24) is 10.3 Å². The molecule has 4 heteroatoms. The van der Waals surface area contributed by atoms with Crippen molar-refractivity contribution in [2.75, 3.05) is 6.54 Å². The second-order valence-electron chi connectivity index (χ2n) is 5.57. The Balaban J connectivity index is 1.81. The van der Waals surface area contributed by atoms with E-state index in [1.165, 1.54) is 18.9 Å². The first kappa shape index (κ1) is 14.5. The predicted octanol–water partition coefficient (Wildman–Crippen LogP) is 3.95. The molecule has 110 valence electrons. The summed E-state index contributed by atoms with van der Waals surface area (Å²) in [6, 6.07) is 9.51. The van der Waals surface area contributed by atoms with E-state index in [2.05, 4.69) is 10.3 Å². The molecule has 1 heterocycles. The maximum Gasteiger partial charge on any atom is 0.126 e. The van der Waals surface area contributed by atoms with Crippen LogP contribution in [0.25, 0.3) is 0 Å². The van der Waals surface area contributed by atoms with Gasteiger partial charge in [-0.1, -0.05) is 29.8 Å². The van der Waals surface area contributed by atoms with E-state index >= 15 is 0 Å². The number of nitrogens with zero attached hydrogens (tertiary/aromatic N) is 1. The smallest absolute Gasteiger partial charge is 0.126 e. The molecule has 0 bridgehead atoms. The van der Waals surface area contributed by atoms with Crippen molar-refractivity contribution < 1.29 is 4.39 Å². The van der Waals surface area contributed by atoms with Crippen LogP contribution >= 0.6 is 11.6 Å². The van der Waals surface area contributed by atoms with Crippen molar-refractivity contribution in [3.05, 3.63) is 64.7 Å². The predicted molar refractivity (Wildman–Crippen MR) is 83.1 cm³/mol. The summed E-state index contributed by atoms with van der Waals surface area (Å²) < 4.78 is 14.1. The van der Waals surface area contributed by atoms with E-state index < -0.39 is 0 Å². The molecule has 1 atom stereocenters. The van der Waals surface area contributed by atoms with Crippen LogP contribution in [0.4, 0.5) is 4.39 Å². The Kier molecular flexibility index (Phi) is 4.51. The van der Waals surface area contributed by atoms with Crippen molar-refractivity contribution in [2.45, 2.75) is 31.2 Å². The summed E-state index contributed by atoms with van der Waals surface area (Å²) in [6.45, 7) is 0.768. The molecule has 0 radical (unpaired) electrons. The van der Waals surface area contributed by atoms with Gasteiger partial charge in [0.15, 0.2) is 0 Å². The van der Waals surface area contributed by atoms with Crippen molar-refractivity contribution in [1.29, 1.82) is 0 Å². The van der Waals surface area contributed by atoms with E-state index in [4.69, 9.17) is 11.6 Å². The van der Waals surface area contributed by atoms with Crippen LogP contribution in [0.5, 0.6) is 0 Å². The zero-order valence-electron chi connectivity index (χ0n) is 11.7. The van der Waals surface area contributed by atoms with Crippen molar-refractivity contribution in [3.63, 3.8) is 0 Å². The molecule has 0 saturated heterocycles. The van der Waals surface area contributed by atoms with Crippen LogP contribution < -0.4 is 5.32 Å². The van der Waals surface area contributed by atoms with E-state index in [0.717, 1.165) is 17.7 Å². The quantitative estimate of drug-likeness (QED) is 0.874. The maximum absolute atomic E-state index is 14.1. The minimum Gasteiger partial charge on any atom is -0.313 e. The fourth-order valence-electron chi connectivity index (χ4n) is 2.53. The van der Waals surface area contributed by atoms with E-state index in [-0.39, 0.29) is 11.7 Å². The summed E-state index contributed by atoms with van der Waals surface area (Å²) in [5.41, 5.74) is 1.76. The number of pyridine rings is 1. The van der Waals surface area contributed by atoms with Crippen molar-refractivity contribution >= 4 is 11.6 Å². The first-order chi connectivity index (χ1) is 10.2. The second kappa shape index (κ2) is 6.54. The third-order valence-electron chi connectivity index (χ3n) is 3.90. The summed E-state index contributed by atoms with van der Waals surface area (Å²) in [7, 11) is 0. The first-order valence-electron chi connectivity index (χ1n) is 7.30. The first-order valence-corrected chi connectivity index (χ1v) is 7.68. The van der Waals surface area contributed by atoms with E-state index in [1.807, 2.05) is 18.2 Å². The highest BCUT2D eigenvalue weighted by Gasteiger charge is 2.24. The fourth-order valence-corrected chi connectivity index (χ4v) is 2.73. The normalized spacial score (nSPS) is 15.9. The van der Waals surface area contributed by atoms with Crippen molar-refractivity contribution in [3.8, 4) is 0 Å². The molecule has 0 spiro atoms. The zero-order valence-corrected chi connectivity index (χ0v) is 12.5. The highest BCUT2D eigenvalue weighted by Crippen LogP contribution is 2.27. The summed E-state index contributed by atoms with van der Waals surface area (Å²) in [5.74, 6) is -0.0722. The molecule has 21 heavy (non-hydrogen) atoms. The Bertz CT molecular complexity index is 613. The fraction of sp³-hybridized carbons (Fsp3) is 0.353. The van der Waals surface area contributed by atoms with Gasteiger partial charge in [-0.3, -0.25) is 4.98 Å². The minimum absolute atomic E-state index is 0.0756. The summed E-state index contributed by atoms with van der Waals surface area (Å²) in [5, 5.41) is 4.14. The van der Waals surface area contributed by atoms with Gasteiger partial charge < -0.3 is 5.32 Å². The number of hydrogen-bond donors (Lipinski definition) is 1. The van der Waals surface area contributed by atoms with Crippen LogP contribution in [0.1, 0.15) is 29.9 Å². The molecular formula is C17H18ClFN2. The highest BCUT2D eigenvalue weighted by atomic mass is 35.5. The van der Waals surface area contributed by atoms with E-state index in [0.29, 0.717) is 17.5 Å².